The number of ether oxygens (including phenoxy) is 1. The van der Waals surface area contributed by atoms with Crippen LogP contribution >= 0.6 is 11.6 Å². The van der Waals surface area contributed by atoms with E-state index in [0.29, 0.717) is 23.1 Å². The Balaban J connectivity index is 2.37. The summed E-state index contributed by atoms with van der Waals surface area (Å²) in [6, 6.07) is 7.08. The fourth-order valence-corrected chi connectivity index (χ4v) is 1.49. The standard InChI is InChI=1S/C13H17ClO2/c1-3-10(2)7-12(15)9-16-13-6-4-5-11(14)8-13/h4-6,8,10H,3,7,9H2,1-2H3. The molecule has 1 rings (SSSR count). The second-order valence-corrected chi connectivity index (χ2v) is 4.44. The van der Waals surface area contributed by atoms with Crippen LogP contribution < -0.4 is 4.74 Å². The van der Waals surface area contributed by atoms with Crippen LogP contribution in [0.2, 0.25) is 5.02 Å². The Kier molecular flexibility index (Phi) is 5.33. The van der Waals surface area contributed by atoms with E-state index in [1.54, 1.807) is 24.3 Å². The molecule has 0 heterocycles. The summed E-state index contributed by atoms with van der Waals surface area (Å²) in [4.78, 5) is 11.5. The Labute approximate surface area is 102 Å². The normalized spacial score (nSPS) is 12.2. The Hall–Kier alpha value is -1.02. The third-order valence-corrected chi connectivity index (χ3v) is 2.70. The maximum absolute atomic E-state index is 11.5. The minimum atomic E-state index is 0.130. The molecule has 0 saturated heterocycles. The minimum Gasteiger partial charge on any atom is -0.486 e. The van der Waals surface area contributed by atoms with Crippen molar-refractivity contribution in [2.24, 2.45) is 5.92 Å². The highest BCUT2D eigenvalue weighted by molar-refractivity contribution is 6.30. The Bertz CT molecular complexity index is 350. The first-order chi connectivity index (χ1) is 7.61. The summed E-state index contributed by atoms with van der Waals surface area (Å²) in [5, 5.41) is 0.617. The molecule has 0 radical (unpaired) electrons. The van der Waals surface area contributed by atoms with Crippen molar-refractivity contribution >= 4 is 17.4 Å². The quantitative estimate of drug-likeness (QED) is 0.758. The lowest BCUT2D eigenvalue weighted by Gasteiger charge is -2.08. The smallest absolute Gasteiger partial charge is 0.170 e. The van der Waals surface area contributed by atoms with Crippen LogP contribution in [0.5, 0.6) is 5.75 Å². The predicted octanol–water partition coefficient (Wildman–Crippen LogP) is 3.72. The van der Waals surface area contributed by atoms with Crippen molar-refractivity contribution < 1.29 is 9.53 Å². The van der Waals surface area contributed by atoms with Crippen LogP contribution in [0.1, 0.15) is 26.7 Å². The van der Waals surface area contributed by atoms with Gasteiger partial charge in [-0.05, 0) is 24.1 Å². The minimum absolute atomic E-state index is 0.130. The molecule has 0 aliphatic heterocycles. The molecule has 16 heavy (non-hydrogen) atoms. The van der Waals surface area contributed by atoms with Crippen molar-refractivity contribution in [1.29, 1.82) is 0 Å². The number of carbonyl (C=O) groups excluding carboxylic acids is 1. The highest BCUT2D eigenvalue weighted by atomic mass is 35.5. The fourth-order valence-electron chi connectivity index (χ4n) is 1.31. The van der Waals surface area contributed by atoms with Crippen LogP contribution in [0.25, 0.3) is 0 Å². The maximum atomic E-state index is 11.5. The number of benzene rings is 1. The van der Waals surface area contributed by atoms with Crippen LogP contribution in [-0.2, 0) is 4.79 Å². The van der Waals surface area contributed by atoms with Gasteiger partial charge in [0.15, 0.2) is 5.78 Å². The Morgan fingerprint density at radius 2 is 2.25 bits per heavy atom. The highest BCUT2D eigenvalue weighted by Crippen LogP contribution is 2.17. The van der Waals surface area contributed by atoms with E-state index in [2.05, 4.69) is 13.8 Å². The number of carbonyl (C=O) groups is 1. The van der Waals surface area contributed by atoms with Gasteiger partial charge in [0.1, 0.15) is 12.4 Å². The lowest BCUT2D eigenvalue weighted by atomic mass is 10.0. The predicted molar refractivity (Wildman–Crippen MR) is 66.0 cm³/mol. The van der Waals surface area contributed by atoms with Crippen LogP contribution in [0.3, 0.4) is 0 Å². The number of hydrogen-bond donors (Lipinski definition) is 0. The maximum Gasteiger partial charge on any atom is 0.170 e. The number of ketones is 1. The van der Waals surface area contributed by atoms with E-state index in [1.165, 1.54) is 0 Å². The zero-order valence-electron chi connectivity index (χ0n) is 9.70. The molecule has 1 atom stereocenters. The fraction of sp³-hybridized carbons (Fsp3) is 0.462. The van der Waals surface area contributed by atoms with E-state index in [9.17, 15) is 4.79 Å². The van der Waals surface area contributed by atoms with Gasteiger partial charge in [-0.15, -0.1) is 0 Å². The van der Waals surface area contributed by atoms with Gasteiger partial charge in [0, 0.05) is 11.4 Å². The zero-order chi connectivity index (χ0) is 12.0. The molecule has 0 bridgehead atoms. The zero-order valence-corrected chi connectivity index (χ0v) is 10.5. The molecule has 88 valence electrons. The van der Waals surface area contributed by atoms with Gasteiger partial charge in [0.2, 0.25) is 0 Å². The van der Waals surface area contributed by atoms with Gasteiger partial charge in [-0.3, -0.25) is 4.79 Å². The topological polar surface area (TPSA) is 26.3 Å². The highest BCUT2D eigenvalue weighted by Gasteiger charge is 2.08. The molecule has 3 heteroatoms. The van der Waals surface area contributed by atoms with E-state index in [1.807, 2.05) is 0 Å². The van der Waals surface area contributed by atoms with Gasteiger partial charge >= 0.3 is 0 Å². The van der Waals surface area contributed by atoms with Crippen molar-refractivity contribution in [1.82, 2.24) is 0 Å². The molecule has 0 fully saturated rings. The number of halogens is 1. The van der Waals surface area contributed by atoms with Crippen molar-refractivity contribution in [3.63, 3.8) is 0 Å². The van der Waals surface area contributed by atoms with E-state index >= 15 is 0 Å². The summed E-state index contributed by atoms with van der Waals surface area (Å²) in [5.41, 5.74) is 0. The molecular weight excluding hydrogens is 224 g/mol. The monoisotopic (exact) mass is 240 g/mol. The summed E-state index contributed by atoms with van der Waals surface area (Å²) in [6.45, 7) is 4.28. The molecule has 0 spiro atoms. The van der Waals surface area contributed by atoms with Crippen molar-refractivity contribution in [3.8, 4) is 5.75 Å². The van der Waals surface area contributed by atoms with E-state index < -0.39 is 0 Å². The van der Waals surface area contributed by atoms with Gasteiger partial charge < -0.3 is 4.74 Å². The lowest BCUT2D eigenvalue weighted by molar-refractivity contribution is -0.121. The molecule has 0 N–H and O–H groups in total. The summed E-state index contributed by atoms with van der Waals surface area (Å²) < 4.78 is 5.36. The molecular formula is C13H17ClO2. The van der Waals surface area contributed by atoms with E-state index in [4.69, 9.17) is 16.3 Å². The molecule has 0 aliphatic rings. The van der Waals surface area contributed by atoms with Crippen molar-refractivity contribution in [2.45, 2.75) is 26.7 Å². The number of Topliss-reactive ketones (excluding diaryl/α,β-unsaturated/α-hetero) is 1. The molecule has 1 aromatic carbocycles. The molecule has 1 aromatic rings. The number of rotatable bonds is 6. The van der Waals surface area contributed by atoms with E-state index in [-0.39, 0.29) is 12.4 Å². The Morgan fingerprint density at radius 1 is 1.50 bits per heavy atom. The van der Waals surface area contributed by atoms with Gasteiger partial charge in [0.25, 0.3) is 0 Å². The molecule has 1 unspecified atom stereocenters. The summed E-state index contributed by atoms with van der Waals surface area (Å²) in [6.07, 6.45) is 1.60. The molecule has 0 aliphatic carbocycles. The summed E-state index contributed by atoms with van der Waals surface area (Å²) in [7, 11) is 0. The van der Waals surface area contributed by atoms with Crippen molar-refractivity contribution in [3.05, 3.63) is 29.3 Å². The van der Waals surface area contributed by atoms with Crippen molar-refractivity contribution in [2.75, 3.05) is 6.61 Å². The largest absolute Gasteiger partial charge is 0.486 e. The SMILES string of the molecule is CCC(C)CC(=O)COc1cccc(Cl)c1. The third kappa shape index (κ3) is 4.67. The van der Waals surface area contributed by atoms with Crippen LogP contribution in [0, 0.1) is 5.92 Å². The average Bonchev–Trinajstić information content (AvgIpc) is 2.26. The lowest BCUT2D eigenvalue weighted by Crippen LogP contribution is -2.14. The van der Waals surface area contributed by atoms with Gasteiger partial charge in [-0.25, -0.2) is 0 Å². The molecule has 0 amide bonds. The molecule has 2 nitrogen and oxygen atoms in total. The second kappa shape index (κ2) is 6.54. The number of hydrogen-bond acceptors (Lipinski definition) is 2. The second-order valence-electron chi connectivity index (χ2n) is 4.00. The van der Waals surface area contributed by atoms with Gasteiger partial charge in [-0.2, -0.15) is 0 Å². The first kappa shape index (κ1) is 13.0. The van der Waals surface area contributed by atoms with E-state index in [0.717, 1.165) is 6.42 Å². The summed E-state index contributed by atoms with van der Waals surface area (Å²) >= 11 is 5.80. The first-order valence-electron chi connectivity index (χ1n) is 5.52. The van der Waals surface area contributed by atoms with Crippen LogP contribution in [-0.4, -0.2) is 12.4 Å². The van der Waals surface area contributed by atoms with Gasteiger partial charge in [-0.1, -0.05) is 37.9 Å². The average molecular weight is 241 g/mol. The van der Waals surface area contributed by atoms with Gasteiger partial charge in [0.05, 0.1) is 0 Å². The third-order valence-electron chi connectivity index (χ3n) is 2.47. The summed E-state index contributed by atoms with van der Waals surface area (Å²) in [5.74, 6) is 1.20. The van der Waals surface area contributed by atoms with Crippen LogP contribution in [0.15, 0.2) is 24.3 Å². The molecule has 0 aromatic heterocycles. The Morgan fingerprint density at radius 3 is 2.88 bits per heavy atom. The molecule has 0 saturated carbocycles. The first-order valence-corrected chi connectivity index (χ1v) is 5.89. The van der Waals surface area contributed by atoms with Crippen LogP contribution in [0.4, 0.5) is 0 Å².